The molecule has 0 unspecified atom stereocenters. The molecule has 0 radical (unpaired) electrons. The SMILES string of the molecule is CCc1cccc(CC)c1NC(=O)c1cc(C(=O)NCCCOC)ccn1. The topological polar surface area (TPSA) is 80.3 Å². The molecule has 0 bridgehead atoms. The standard InChI is InChI=1S/C21H27N3O3/c1-4-15-8-6-9-16(5-2)19(15)24-21(26)18-14-17(10-12-22-18)20(25)23-11-7-13-27-3/h6,8-10,12,14H,4-5,7,11,13H2,1-3H3,(H,23,25)(H,24,26). The predicted octanol–water partition coefficient (Wildman–Crippen LogP) is 3.23. The van der Waals surface area contributed by atoms with Crippen LogP contribution in [0.2, 0.25) is 0 Å². The fourth-order valence-electron chi connectivity index (χ4n) is 2.80. The lowest BCUT2D eigenvalue weighted by Gasteiger charge is -2.14. The maximum atomic E-state index is 12.7. The Hall–Kier alpha value is -2.73. The van der Waals surface area contributed by atoms with E-state index in [0.29, 0.717) is 18.7 Å². The Balaban J connectivity index is 2.13. The van der Waals surface area contributed by atoms with Crippen molar-refractivity contribution >= 4 is 17.5 Å². The van der Waals surface area contributed by atoms with Crippen LogP contribution in [0.1, 0.15) is 52.2 Å². The average molecular weight is 369 g/mol. The number of anilines is 1. The second-order valence-electron chi connectivity index (χ2n) is 6.14. The van der Waals surface area contributed by atoms with Gasteiger partial charge in [0.25, 0.3) is 11.8 Å². The van der Waals surface area contributed by atoms with Crippen LogP contribution < -0.4 is 10.6 Å². The van der Waals surface area contributed by atoms with Crippen molar-refractivity contribution in [2.24, 2.45) is 0 Å². The highest BCUT2D eigenvalue weighted by atomic mass is 16.5. The van der Waals surface area contributed by atoms with Gasteiger partial charge in [0, 0.05) is 37.7 Å². The van der Waals surface area contributed by atoms with Crippen molar-refractivity contribution in [1.82, 2.24) is 10.3 Å². The van der Waals surface area contributed by atoms with Gasteiger partial charge in [-0.2, -0.15) is 0 Å². The van der Waals surface area contributed by atoms with E-state index in [1.165, 1.54) is 12.3 Å². The molecule has 27 heavy (non-hydrogen) atoms. The Morgan fingerprint density at radius 3 is 2.41 bits per heavy atom. The summed E-state index contributed by atoms with van der Waals surface area (Å²) in [6.07, 6.45) is 3.85. The van der Waals surface area contributed by atoms with E-state index in [1.807, 2.05) is 18.2 Å². The fraction of sp³-hybridized carbons (Fsp3) is 0.381. The molecule has 1 aromatic heterocycles. The van der Waals surface area contributed by atoms with Gasteiger partial charge < -0.3 is 15.4 Å². The lowest BCUT2D eigenvalue weighted by Crippen LogP contribution is -2.26. The number of rotatable bonds is 9. The molecule has 6 nitrogen and oxygen atoms in total. The third kappa shape index (κ3) is 5.62. The second-order valence-corrected chi connectivity index (χ2v) is 6.14. The van der Waals surface area contributed by atoms with Gasteiger partial charge in [0.2, 0.25) is 0 Å². The van der Waals surface area contributed by atoms with Gasteiger partial charge in [0.15, 0.2) is 0 Å². The molecule has 0 saturated heterocycles. The summed E-state index contributed by atoms with van der Waals surface area (Å²) in [5.41, 5.74) is 3.62. The lowest BCUT2D eigenvalue weighted by atomic mass is 10.0. The summed E-state index contributed by atoms with van der Waals surface area (Å²) in [6, 6.07) is 9.12. The zero-order chi connectivity index (χ0) is 19.6. The van der Waals surface area contributed by atoms with Crippen molar-refractivity contribution in [3.05, 3.63) is 58.9 Å². The summed E-state index contributed by atoms with van der Waals surface area (Å²) in [7, 11) is 1.62. The highest BCUT2D eigenvalue weighted by Crippen LogP contribution is 2.23. The van der Waals surface area contributed by atoms with E-state index in [0.717, 1.165) is 36.1 Å². The highest BCUT2D eigenvalue weighted by molar-refractivity contribution is 6.05. The number of aryl methyl sites for hydroxylation is 2. The van der Waals surface area contributed by atoms with Crippen LogP contribution in [0.5, 0.6) is 0 Å². The molecule has 0 atom stereocenters. The third-order valence-electron chi connectivity index (χ3n) is 4.30. The third-order valence-corrected chi connectivity index (χ3v) is 4.30. The van der Waals surface area contributed by atoms with E-state index in [4.69, 9.17) is 4.74 Å². The Kier molecular flexibility index (Phi) is 7.95. The van der Waals surface area contributed by atoms with Crippen molar-refractivity contribution in [1.29, 1.82) is 0 Å². The number of amides is 2. The van der Waals surface area contributed by atoms with Gasteiger partial charge in [-0.1, -0.05) is 32.0 Å². The maximum absolute atomic E-state index is 12.7. The Morgan fingerprint density at radius 1 is 1.07 bits per heavy atom. The normalized spacial score (nSPS) is 10.5. The zero-order valence-electron chi connectivity index (χ0n) is 16.2. The van der Waals surface area contributed by atoms with E-state index in [9.17, 15) is 9.59 Å². The fourth-order valence-corrected chi connectivity index (χ4v) is 2.80. The summed E-state index contributed by atoms with van der Waals surface area (Å²) in [5.74, 6) is -0.551. The Morgan fingerprint density at radius 2 is 1.78 bits per heavy atom. The number of nitrogens with one attached hydrogen (secondary N) is 2. The van der Waals surface area contributed by atoms with Crippen molar-refractivity contribution in [2.75, 3.05) is 25.6 Å². The summed E-state index contributed by atoms with van der Waals surface area (Å²) in [4.78, 5) is 29.1. The van der Waals surface area contributed by atoms with Gasteiger partial charge >= 0.3 is 0 Å². The number of aromatic nitrogens is 1. The number of ether oxygens (including phenoxy) is 1. The van der Waals surface area contributed by atoms with Gasteiger partial charge in [0.05, 0.1) is 0 Å². The quantitative estimate of drug-likeness (QED) is 0.665. The van der Waals surface area contributed by atoms with E-state index in [-0.39, 0.29) is 17.5 Å². The van der Waals surface area contributed by atoms with Crippen molar-refractivity contribution in [3.8, 4) is 0 Å². The van der Waals surface area contributed by atoms with Gasteiger partial charge in [-0.3, -0.25) is 14.6 Å². The number of carbonyl (C=O) groups is 2. The number of benzene rings is 1. The number of para-hydroxylation sites is 1. The van der Waals surface area contributed by atoms with Crippen LogP contribution in [0, 0.1) is 0 Å². The van der Waals surface area contributed by atoms with Crippen LogP contribution in [0.4, 0.5) is 5.69 Å². The molecule has 2 rings (SSSR count). The number of pyridine rings is 1. The van der Waals surface area contributed by atoms with Crippen molar-refractivity contribution in [3.63, 3.8) is 0 Å². The molecular weight excluding hydrogens is 342 g/mol. The highest BCUT2D eigenvalue weighted by Gasteiger charge is 2.15. The van der Waals surface area contributed by atoms with Crippen LogP contribution in [0.3, 0.4) is 0 Å². The Bertz CT molecular complexity index is 768. The first-order valence-electron chi connectivity index (χ1n) is 9.26. The number of hydrogen-bond donors (Lipinski definition) is 2. The lowest BCUT2D eigenvalue weighted by molar-refractivity contribution is 0.0948. The Labute approximate surface area is 160 Å². The van der Waals surface area contributed by atoms with Crippen molar-refractivity contribution in [2.45, 2.75) is 33.1 Å². The van der Waals surface area contributed by atoms with E-state index in [1.54, 1.807) is 13.2 Å². The second kappa shape index (κ2) is 10.4. The molecular formula is C21H27N3O3. The minimum Gasteiger partial charge on any atom is -0.385 e. The van der Waals surface area contributed by atoms with Crippen LogP contribution in [-0.2, 0) is 17.6 Å². The van der Waals surface area contributed by atoms with Gasteiger partial charge in [-0.25, -0.2) is 0 Å². The first-order chi connectivity index (χ1) is 13.1. The average Bonchev–Trinajstić information content (AvgIpc) is 2.71. The summed E-state index contributed by atoms with van der Waals surface area (Å²) in [6.45, 7) is 5.20. The molecule has 2 N–H and O–H groups in total. The molecule has 0 fully saturated rings. The van der Waals surface area contributed by atoms with Crippen LogP contribution in [0.15, 0.2) is 36.5 Å². The minimum atomic E-state index is -0.320. The number of carbonyl (C=O) groups excluding carboxylic acids is 2. The summed E-state index contributed by atoms with van der Waals surface area (Å²) >= 11 is 0. The van der Waals surface area contributed by atoms with Crippen LogP contribution >= 0.6 is 0 Å². The molecule has 2 amide bonds. The van der Waals surface area contributed by atoms with E-state index in [2.05, 4.69) is 29.5 Å². The van der Waals surface area contributed by atoms with Crippen LogP contribution in [0.25, 0.3) is 0 Å². The predicted molar refractivity (Wildman–Crippen MR) is 106 cm³/mol. The molecule has 0 aliphatic heterocycles. The number of methoxy groups -OCH3 is 1. The molecule has 2 aromatic rings. The first kappa shape index (κ1) is 20.6. The smallest absolute Gasteiger partial charge is 0.274 e. The molecule has 6 heteroatoms. The molecule has 1 aromatic carbocycles. The summed E-state index contributed by atoms with van der Waals surface area (Å²) < 4.78 is 4.96. The molecule has 1 heterocycles. The van der Waals surface area contributed by atoms with Gasteiger partial charge in [-0.05, 0) is 42.5 Å². The largest absolute Gasteiger partial charge is 0.385 e. The van der Waals surface area contributed by atoms with Crippen molar-refractivity contribution < 1.29 is 14.3 Å². The van der Waals surface area contributed by atoms with Crippen LogP contribution in [-0.4, -0.2) is 37.1 Å². The number of hydrogen-bond acceptors (Lipinski definition) is 4. The minimum absolute atomic E-state index is 0.215. The molecule has 0 saturated carbocycles. The summed E-state index contributed by atoms with van der Waals surface area (Å²) in [5, 5.41) is 5.78. The zero-order valence-corrected chi connectivity index (χ0v) is 16.2. The van der Waals surface area contributed by atoms with Gasteiger partial charge in [0.1, 0.15) is 5.69 Å². The molecule has 0 aliphatic carbocycles. The molecule has 0 spiro atoms. The maximum Gasteiger partial charge on any atom is 0.274 e. The molecule has 144 valence electrons. The first-order valence-corrected chi connectivity index (χ1v) is 9.26. The van der Waals surface area contributed by atoms with Gasteiger partial charge in [-0.15, -0.1) is 0 Å². The monoisotopic (exact) mass is 369 g/mol. The molecule has 0 aliphatic rings. The van der Waals surface area contributed by atoms with E-state index < -0.39 is 0 Å². The number of nitrogens with zero attached hydrogens (tertiary/aromatic N) is 1. The van der Waals surface area contributed by atoms with E-state index >= 15 is 0 Å².